The second-order valence-electron chi connectivity index (χ2n) is 9.05. The SMILES string of the molecule is CC12CC(C(C3CCC4OC4(C)C3)C3(C)CO3)CCC1O2. The first-order valence-electron chi connectivity index (χ1n) is 8.92. The van der Waals surface area contributed by atoms with Crippen LogP contribution in [-0.4, -0.2) is 35.6 Å². The minimum atomic E-state index is 0.144. The van der Waals surface area contributed by atoms with E-state index < -0.39 is 0 Å². The zero-order valence-corrected chi connectivity index (χ0v) is 13.6. The van der Waals surface area contributed by atoms with Gasteiger partial charge in [0.1, 0.15) is 0 Å². The molecule has 2 saturated carbocycles. The number of ether oxygens (including phenoxy) is 3. The van der Waals surface area contributed by atoms with Crippen LogP contribution in [-0.2, 0) is 14.2 Å². The van der Waals surface area contributed by atoms with Crippen molar-refractivity contribution in [2.45, 2.75) is 88.3 Å². The summed E-state index contributed by atoms with van der Waals surface area (Å²) in [6.07, 6.45) is 8.80. The van der Waals surface area contributed by atoms with Crippen LogP contribution < -0.4 is 0 Å². The van der Waals surface area contributed by atoms with Gasteiger partial charge in [0, 0.05) is 0 Å². The van der Waals surface area contributed by atoms with Crippen molar-refractivity contribution in [1.82, 2.24) is 0 Å². The molecule has 0 aromatic heterocycles. The molecule has 5 fully saturated rings. The zero-order valence-electron chi connectivity index (χ0n) is 13.6. The van der Waals surface area contributed by atoms with Crippen molar-refractivity contribution < 1.29 is 14.2 Å². The van der Waals surface area contributed by atoms with E-state index in [0.717, 1.165) is 18.4 Å². The molecule has 3 heteroatoms. The van der Waals surface area contributed by atoms with Gasteiger partial charge in [0.25, 0.3) is 0 Å². The predicted molar refractivity (Wildman–Crippen MR) is 79.1 cm³/mol. The molecule has 2 aliphatic carbocycles. The summed E-state index contributed by atoms with van der Waals surface area (Å²) >= 11 is 0. The normalized spacial score (nSPS) is 62.4. The van der Waals surface area contributed by atoms with E-state index in [-0.39, 0.29) is 16.8 Å². The van der Waals surface area contributed by atoms with Crippen molar-refractivity contribution in [3.63, 3.8) is 0 Å². The van der Waals surface area contributed by atoms with Crippen molar-refractivity contribution in [2.75, 3.05) is 6.61 Å². The largest absolute Gasteiger partial charge is 0.370 e. The maximum absolute atomic E-state index is 5.95. The van der Waals surface area contributed by atoms with E-state index in [2.05, 4.69) is 20.8 Å². The number of fused-ring (bicyclic) bond motifs is 2. The van der Waals surface area contributed by atoms with Gasteiger partial charge >= 0.3 is 0 Å². The summed E-state index contributed by atoms with van der Waals surface area (Å²) < 4.78 is 17.8. The topological polar surface area (TPSA) is 37.6 Å². The minimum Gasteiger partial charge on any atom is -0.370 e. The van der Waals surface area contributed by atoms with Gasteiger partial charge in [0.05, 0.1) is 35.6 Å². The van der Waals surface area contributed by atoms with Crippen molar-refractivity contribution in [3.8, 4) is 0 Å². The summed E-state index contributed by atoms with van der Waals surface area (Å²) in [4.78, 5) is 0. The van der Waals surface area contributed by atoms with E-state index in [1.54, 1.807) is 0 Å². The molecule has 118 valence electrons. The fourth-order valence-electron chi connectivity index (χ4n) is 5.95. The van der Waals surface area contributed by atoms with E-state index in [0.29, 0.717) is 18.1 Å². The number of rotatable bonds is 3. The molecule has 3 saturated heterocycles. The molecule has 0 aromatic carbocycles. The van der Waals surface area contributed by atoms with Crippen molar-refractivity contribution in [2.24, 2.45) is 17.8 Å². The van der Waals surface area contributed by atoms with Gasteiger partial charge < -0.3 is 14.2 Å². The average Bonchev–Trinajstić information content (AvgIpc) is 3.31. The lowest BCUT2D eigenvalue weighted by Gasteiger charge is -2.41. The van der Waals surface area contributed by atoms with Crippen LogP contribution >= 0.6 is 0 Å². The van der Waals surface area contributed by atoms with Crippen molar-refractivity contribution in [3.05, 3.63) is 0 Å². The first-order chi connectivity index (χ1) is 9.92. The summed E-state index contributed by atoms with van der Waals surface area (Å²) in [6.45, 7) is 7.95. The molecule has 7 atom stereocenters. The van der Waals surface area contributed by atoms with Crippen molar-refractivity contribution in [1.29, 1.82) is 0 Å². The molecule has 21 heavy (non-hydrogen) atoms. The summed E-state index contributed by atoms with van der Waals surface area (Å²) in [6, 6.07) is 0. The highest BCUT2D eigenvalue weighted by Gasteiger charge is 2.64. The summed E-state index contributed by atoms with van der Waals surface area (Å²) in [5.74, 6) is 2.27. The third kappa shape index (κ3) is 1.96. The Morgan fingerprint density at radius 2 is 1.29 bits per heavy atom. The van der Waals surface area contributed by atoms with E-state index in [1.807, 2.05) is 0 Å². The number of hydrogen-bond donors (Lipinski definition) is 0. The molecule has 5 rings (SSSR count). The fraction of sp³-hybridized carbons (Fsp3) is 1.00. The Bertz CT molecular complexity index is 439. The molecule has 3 heterocycles. The van der Waals surface area contributed by atoms with E-state index in [9.17, 15) is 0 Å². The van der Waals surface area contributed by atoms with Gasteiger partial charge in [0.15, 0.2) is 0 Å². The van der Waals surface area contributed by atoms with Gasteiger partial charge in [-0.2, -0.15) is 0 Å². The van der Waals surface area contributed by atoms with Gasteiger partial charge in [-0.1, -0.05) is 0 Å². The molecular formula is C18H28O3. The second kappa shape index (κ2) is 3.85. The van der Waals surface area contributed by atoms with Gasteiger partial charge in [-0.05, 0) is 77.0 Å². The van der Waals surface area contributed by atoms with Crippen LogP contribution in [0.25, 0.3) is 0 Å². The minimum absolute atomic E-state index is 0.144. The second-order valence-corrected chi connectivity index (χ2v) is 9.05. The first-order valence-corrected chi connectivity index (χ1v) is 8.92. The highest BCUT2D eigenvalue weighted by molar-refractivity contribution is 5.12. The monoisotopic (exact) mass is 292 g/mol. The number of hydrogen-bond acceptors (Lipinski definition) is 3. The highest BCUT2D eigenvalue weighted by atomic mass is 16.6. The van der Waals surface area contributed by atoms with Gasteiger partial charge in [-0.15, -0.1) is 0 Å². The predicted octanol–water partition coefficient (Wildman–Crippen LogP) is 3.31. The number of epoxide rings is 3. The molecule has 0 spiro atoms. The molecule has 0 radical (unpaired) electrons. The smallest absolute Gasteiger partial charge is 0.0923 e. The molecular weight excluding hydrogens is 264 g/mol. The molecule has 0 aromatic rings. The van der Waals surface area contributed by atoms with E-state index >= 15 is 0 Å². The maximum atomic E-state index is 5.95. The fourth-order valence-corrected chi connectivity index (χ4v) is 5.95. The summed E-state index contributed by atoms with van der Waals surface area (Å²) in [7, 11) is 0. The quantitative estimate of drug-likeness (QED) is 0.749. The van der Waals surface area contributed by atoms with Gasteiger partial charge in [0.2, 0.25) is 0 Å². The Balaban J connectivity index is 1.39. The molecule has 7 unspecified atom stereocenters. The zero-order chi connectivity index (χ0) is 14.5. The lowest BCUT2D eigenvalue weighted by atomic mass is 9.62. The molecule has 5 aliphatic rings. The Kier molecular flexibility index (Phi) is 2.45. The Hall–Kier alpha value is -0.120. The Labute approximate surface area is 127 Å². The molecule has 0 amide bonds. The van der Waals surface area contributed by atoms with Gasteiger partial charge in [-0.3, -0.25) is 0 Å². The van der Waals surface area contributed by atoms with Crippen LogP contribution in [0.5, 0.6) is 0 Å². The van der Waals surface area contributed by atoms with Crippen LogP contribution in [0.4, 0.5) is 0 Å². The first kappa shape index (κ1) is 13.3. The van der Waals surface area contributed by atoms with Crippen LogP contribution in [0.2, 0.25) is 0 Å². The summed E-state index contributed by atoms with van der Waals surface area (Å²) in [5, 5.41) is 0. The highest BCUT2D eigenvalue weighted by Crippen LogP contribution is 2.60. The van der Waals surface area contributed by atoms with Crippen LogP contribution in [0.15, 0.2) is 0 Å². The third-order valence-corrected chi connectivity index (χ3v) is 7.33. The van der Waals surface area contributed by atoms with Crippen LogP contribution in [0.1, 0.15) is 59.3 Å². The standard InChI is InChI=1S/C18H28O3/c1-16-8-11(4-6-13(16)20-16)15(18(3)10-19-18)12-5-7-14-17(2,9-12)21-14/h11-15H,4-10H2,1-3H3. The van der Waals surface area contributed by atoms with E-state index in [1.165, 1.54) is 38.5 Å². The summed E-state index contributed by atoms with van der Waals surface area (Å²) in [5.41, 5.74) is 0.540. The van der Waals surface area contributed by atoms with Crippen molar-refractivity contribution >= 4 is 0 Å². The van der Waals surface area contributed by atoms with Crippen LogP contribution in [0.3, 0.4) is 0 Å². The van der Waals surface area contributed by atoms with Gasteiger partial charge in [-0.25, -0.2) is 0 Å². The van der Waals surface area contributed by atoms with Crippen LogP contribution in [0, 0.1) is 17.8 Å². The lowest BCUT2D eigenvalue weighted by Crippen LogP contribution is -2.42. The average molecular weight is 292 g/mol. The third-order valence-electron chi connectivity index (χ3n) is 7.33. The Morgan fingerprint density at radius 3 is 1.67 bits per heavy atom. The van der Waals surface area contributed by atoms with E-state index in [4.69, 9.17) is 14.2 Å². The molecule has 0 N–H and O–H groups in total. The Morgan fingerprint density at radius 1 is 0.810 bits per heavy atom. The lowest BCUT2D eigenvalue weighted by molar-refractivity contribution is 0.0589. The maximum Gasteiger partial charge on any atom is 0.0923 e. The molecule has 3 nitrogen and oxygen atoms in total. The molecule has 0 bridgehead atoms. The molecule has 3 aliphatic heterocycles.